The summed E-state index contributed by atoms with van der Waals surface area (Å²) in [6, 6.07) is 49.4. The highest BCUT2D eigenvalue weighted by Crippen LogP contribution is 2.34. The van der Waals surface area contributed by atoms with Gasteiger partial charge in [-0.1, -0.05) is 138 Å². The number of hydrogen-bond donors (Lipinski definition) is 1. The molecule has 0 aliphatic rings. The van der Waals surface area contributed by atoms with E-state index >= 15 is 0 Å². The molecule has 3 nitrogen and oxygen atoms in total. The van der Waals surface area contributed by atoms with Crippen molar-refractivity contribution in [1.29, 1.82) is 5.41 Å². The monoisotopic (exact) mass is 580 g/mol. The van der Waals surface area contributed by atoms with Gasteiger partial charge in [-0.15, -0.1) is 0 Å². The van der Waals surface area contributed by atoms with Gasteiger partial charge in [-0.25, -0.2) is 4.99 Å². The van der Waals surface area contributed by atoms with E-state index in [9.17, 15) is 0 Å². The van der Waals surface area contributed by atoms with Crippen molar-refractivity contribution >= 4 is 59.4 Å². The molecule has 0 radical (unpaired) electrons. The Morgan fingerprint density at radius 3 is 2.25 bits per heavy atom. The summed E-state index contributed by atoms with van der Waals surface area (Å²) >= 11 is 0. The lowest BCUT2D eigenvalue weighted by atomic mass is 9.97. The lowest BCUT2D eigenvalue weighted by Gasteiger charge is -2.09. The first-order valence-electron chi connectivity index (χ1n) is 14.6. The van der Waals surface area contributed by atoms with Crippen LogP contribution in [0.4, 0.5) is 5.69 Å². The summed E-state index contributed by atoms with van der Waals surface area (Å²) < 4.78 is 6.27. The van der Waals surface area contributed by atoms with Crippen molar-refractivity contribution in [2.24, 2.45) is 4.99 Å². The van der Waals surface area contributed by atoms with Crippen LogP contribution in [0.2, 0.25) is 0 Å². The molecule has 44 heavy (non-hydrogen) atoms. The van der Waals surface area contributed by atoms with Gasteiger partial charge in [0, 0.05) is 33.0 Å². The van der Waals surface area contributed by atoms with Gasteiger partial charge in [0.15, 0.2) is 0 Å². The van der Waals surface area contributed by atoms with Crippen LogP contribution in [0.3, 0.4) is 0 Å². The normalized spacial score (nSPS) is 11.4. The summed E-state index contributed by atoms with van der Waals surface area (Å²) in [6.45, 7) is 0. The third kappa shape index (κ3) is 5.65. The fraction of sp³-hybridized carbons (Fsp3) is 0. The molecule has 208 valence electrons. The smallest absolute Gasteiger partial charge is 0.136 e. The van der Waals surface area contributed by atoms with E-state index in [0.29, 0.717) is 11.4 Å². The van der Waals surface area contributed by atoms with Gasteiger partial charge in [0.25, 0.3) is 0 Å². The van der Waals surface area contributed by atoms with Gasteiger partial charge in [-0.2, -0.15) is 0 Å². The fourth-order valence-corrected chi connectivity index (χ4v) is 7.12. The second kappa shape index (κ2) is 12.2. The lowest BCUT2D eigenvalue weighted by Crippen LogP contribution is -2.26. The Labute approximate surface area is 258 Å². The quantitative estimate of drug-likeness (QED) is 0.123. The maximum atomic E-state index is 8.75. The highest BCUT2D eigenvalue weighted by atomic mass is 28.2. The van der Waals surface area contributed by atoms with E-state index < -0.39 is 9.52 Å². The number of aliphatic imine (C=N–C) groups is 1. The SMILES string of the molecule is N=C(c1ccccc1)c1ccccc1/N=C/C#Cc1cc2c(cc1-c1cccc([SiH2]c3ccccc3)c1)oc1ccccc12. The van der Waals surface area contributed by atoms with E-state index in [-0.39, 0.29) is 0 Å². The first kappa shape index (κ1) is 27.1. The Bertz CT molecular complexity index is 2220. The Kier molecular flexibility index (Phi) is 7.53. The second-order valence-electron chi connectivity index (χ2n) is 10.6. The van der Waals surface area contributed by atoms with E-state index in [1.807, 2.05) is 72.8 Å². The van der Waals surface area contributed by atoms with E-state index in [0.717, 1.165) is 49.8 Å². The van der Waals surface area contributed by atoms with Gasteiger partial charge >= 0.3 is 0 Å². The van der Waals surface area contributed by atoms with Crippen molar-refractivity contribution in [3.05, 3.63) is 162 Å². The molecule has 1 aromatic heterocycles. The number of benzene rings is 6. The molecule has 4 heteroatoms. The minimum atomic E-state index is -0.611. The summed E-state index contributed by atoms with van der Waals surface area (Å²) in [5.41, 5.74) is 7.55. The maximum Gasteiger partial charge on any atom is 0.136 e. The average Bonchev–Trinajstić information content (AvgIpc) is 3.45. The molecule has 7 aromatic rings. The van der Waals surface area contributed by atoms with Crippen LogP contribution in [-0.2, 0) is 0 Å². The summed E-state index contributed by atoms with van der Waals surface area (Å²) in [5, 5.41) is 13.6. The summed E-state index contributed by atoms with van der Waals surface area (Å²) in [5.74, 6) is 6.59. The molecular weight excluding hydrogens is 553 g/mol. The first-order chi connectivity index (χ1) is 21.7. The molecule has 7 rings (SSSR count). The molecule has 0 fully saturated rings. The zero-order valence-corrected chi connectivity index (χ0v) is 25.4. The van der Waals surface area contributed by atoms with Crippen molar-refractivity contribution < 1.29 is 4.42 Å². The molecule has 6 aromatic carbocycles. The number of furan rings is 1. The number of para-hydroxylation sites is 2. The predicted octanol–water partition coefficient (Wildman–Crippen LogP) is 7.54. The van der Waals surface area contributed by atoms with E-state index in [1.165, 1.54) is 10.4 Å². The average molecular weight is 581 g/mol. The molecule has 0 aliphatic carbocycles. The van der Waals surface area contributed by atoms with Gasteiger partial charge in [0.1, 0.15) is 11.2 Å². The Balaban J connectivity index is 1.28. The molecule has 0 saturated heterocycles. The predicted molar refractivity (Wildman–Crippen MR) is 187 cm³/mol. The van der Waals surface area contributed by atoms with Gasteiger partial charge in [0.2, 0.25) is 0 Å². The summed E-state index contributed by atoms with van der Waals surface area (Å²) in [6.07, 6.45) is 1.64. The third-order valence-corrected chi connectivity index (χ3v) is 9.44. The summed E-state index contributed by atoms with van der Waals surface area (Å²) in [4.78, 5) is 4.68. The van der Waals surface area contributed by atoms with Crippen molar-refractivity contribution in [1.82, 2.24) is 0 Å². The third-order valence-electron chi connectivity index (χ3n) is 7.72. The van der Waals surface area contributed by atoms with Gasteiger partial charge in [-0.05, 0) is 35.7 Å². The first-order valence-corrected chi connectivity index (χ1v) is 16.0. The maximum absolute atomic E-state index is 8.75. The zero-order chi connectivity index (χ0) is 29.7. The molecule has 1 N–H and O–H groups in total. The Morgan fingerprint density at radius 2 is 1.39 bits per heavy atom. The number of fused-ring (bicyclic) bond motifs is 3. The largest absolute Gasteiger partial charge is 0.456 e. The minimum absolute atomic E-state index is 0.435. The molecular formula is C40H28N2OSi. The molecule has 0 amide bonds. The van der Waals surface area contributed by atoms with Crippen LogP contribution in [-0.4, -0.2) is 21.4 Å². The molecule has 0 spiro atoms. The van der Waals surface area contributed by atoms with Crippen LogP contribution in [0.15, 0.2) is 155 Å². The van der Waals surface area contributed by atoms with Gasteiger partial charge in [-0.3, -0.25) is 5.41 Å². The van der Waals surface area contributed by atoms with Crippen molar-refractivity contribution in [2.75, 3.05) is 0 Å². The number of rotatable bonds is 6. The molecule has 0 unspecified atom stereocenters. The highest BCUT2D eigenvalue weighted by Gasteiger charge is 2.13. The minimum Gasteiger partial charge on any atom is -0.456 e. The van der Waals surface area contributed by atoms with Gasteiger partial charge in [0.05, 0.1) is 27.1 Å². The number of nitrogens with one attached hydrogen (secondary N) is 1. The van der Waals surface area contributed by atoms with Crippen LogP contribution in [0.25, 0.3) is 33.1 Å². The number of nitrogens with zero attached hydrogens (tertiary/aromatic N) is 1. The van der Waals surface area contributed by atoms with Crippen molar-refractivity contribution in [3.8, 4) is 23.0 Å². The molecule has 0 saturated carbocycles. The molecule has 0 bridgehead atoms. The van der Waals surface area contributed by atoms with Crippen LogP contribution in [0.5, 0.6) is 0 Å². The molecule has 0 atom stereocenters. The van der Waals surface area contributed by atoms with E-state index in [1.54, 1.807) is 6.21 Å². The topological polar surface area (TPSA) is 49.4 Å². The van der Waals surface area contributed by atoms with Crippen LogP contribution < -0.4 is 10.4 Å². The Hall–Kier alpha value is -5.76. The van der Waals surface area contributed by atoms with Crippen molar-refractivity contribution in [3.63, 3.8) is 0 Å². The zero-order valence-electron chi connectivity index (χ0n) is 24.0. The molecule has 0 aliphatic heterocycles. The van der Waals surface area contributed by atoms with Gasteiger partial charge < -0.3 is 4.42 Å². The van der Waals surface area contributed by atoms with E-state index in [4.69, 9.17) is 9.83 Å². The summed E-state index contributed by atoms with van der Waals surface area (Å²) in [7, 11) is -0.611. The number of hydrogen-bond acceptors (Lipinski definition) is 3. The van der Waals surface area contributed by atoms with Crippen molar-refractivity contribution in [2.45, 2.75) is 0 Å². The van der Waals surface area contributed by atoms with Crippen LogP contribution in [0, 0.1) is 17.3 Å². The second-order valence-corrected chi connectivity index (χ2v) is 12.6. The standard InChI is InChI=1S/C40H28N2OSi/c41-40(28-13-3-1-4-14-28)34-21-7-9-22-37(34)42-24-12-16-30-26-36-33-20-8-10-23-38(33)43-39(36)27-35(30)29-15-11-19-32(25-29)44-31-17-5-2-6-18-31/h1-11,13-15,17-27,41H,44H2/b41-40?,42-24+. The highest BCUT2D eigenvalue weighted by molar-refractivity contribution is 6.67. The van der Waals surface area contributed by atoms with E-state index in [2.05, 4.69) is 89.6 Å². The molecule has 1 heterocycles. The Morgan fingerprint density at radius 1 is 0.659 bits per heavy atom. The lowest BCUT2D eigenvalue weighted by molar-refractivity contribution is 0.669. The fourth-order valence-electron chi connectivity index (χ4n) is 5.56. The van der Waals surface area contributed by atoms with Crippen LogP contribution >= 0.6 is 0 Å². The van der Waals surface area contributed by atoms with Crippen LogP contribution in [0.1, 0.15) is 16.7 Å².